The summed E-state index contributed by atoms with van der Waals surface area (Å²) < 4.78 is 16.1. The van der Waals surface area contributed by atoms with E-state index in [1.165, 1.54) is 11.9 Å². The smallest absolute Gasteiger partial charge is 0.240 e. The van der Waals surface area contributed by atoms with Crippen LogP contribution in [0.5, 0.6) is 17.2 Å². The Balaban J connectivity index is 1.98. The van der Waals surface area contributed by atoms with Gasteiger partial charge in [0.1, 0.15) is 5.75 Å². The van der Waals surface area contributed by atoms with E-state index in [1.54, 1.807) is 21.3 Å². The first-order valence-electron chi connectivity index (χ1n) is 8.31. The number of hydrogen-bond acceptors (Lipinski definition) is 5. The van der Waals surface area contributed by atoms with Crippen molar-refractivity contribution in [2.24, 2.45) is 5.10 Å². The van der Waals surface area contributed by atoms with Crippen LogP contribution in [0.2, 0.25) is 0 Å². The Hall–Kier alpha value is -3.02. The van der Waals surface area contributed by atoms with Crippen LogP contribution in [0.3, 0.4) is 0 Å². The summed E-state index contributed by atoms with van der Waals surface area (Å²) in [5.41, 5.74) is 2.65. The molecule has 0 saturated heterocycles. The van der Waals surface area contributed by atoms with E-state index in [0.29, 0.717) is 17.9 Å². The van der Waals surface area contributed by atoms with Crippen LogP contribution in [-0.4, -0.2) is 38.0 Å². The van der Waals surface area contributed by atoms with Crippen molar-refractivity contribution < 1.29 is 19.0 Å². The zero-order chi connectivity index (χ0) is 18.7. The molecule has 2 aromatic rings. The Morgan fingerprint density at radius 3 is 2.35 bits per heavy atom. The van der Waals surface area contributed by atoms with Crippen LogP contribution >= 0.6 is 0 Å². The number of para-hydroxylation sites is 1. The highest BCUT2D eigenvalue weighted by Gasteiger charge is 2.33. The molecule has 1 aliphatic heterocycles. The lowest BCUT2D eigenvalue weighted by atomic mass is 9.97. The van der Waals surface area contributed by atoms with E-state index in [0.717, 1.165) is 22.6 Å². The average Bonchev–Trinajstić information content (AvgIpc) is 3.13. The number of carbonyl (C=O) groups is 1. The molecule has 0 unspecified atom stereocenters. The second-order valence-electron chi connectivity index (χ2n) is 5.94. The fraction of sp³-hybridized carbons (Fsp3) is 0.300. The highest BCUT2D eigenvalue weighted by Crippen LogP contribution is 2.38. The fourth-order valence-corrected chi connectivity index (χ4v) is 3.17. The second kappa shape index (κ2) is 7.47. The molecule has 3 rings (SSSR count). The van der Waals surface area contributed by atoms with E-state index in [9.17, 15) is 4.79 Å². The van der Waals surface area contributed by atoms with Gasteiger partial charge in [-0.1, -0.05) is 18.2 Å². The molecule has 1 amide bonds. The average molecular weight is 354 g/mol. The first-order valence-corrected chi connectivity index (χ1v) is 8.31. The first-order chi connectivity index (χ1) is 12.6. The third-order valence-corrected chi connectivity index (χ3v) is 4.45. The van der Waals surface area contributed by atoms with Gasteiger partial charge in [0.25, 0.3) is 0 Å². The number of hydrogen-bond donors (Lipinski definition) is 0. The fourth-order valence-electron chi connectivity index (χ4n) is 3.17. The molecule has 0 radical (unpaired) electrons. The maximum atomic E-state index is 12.2. The summed E-state index contributed by atoms with van der Waals surface area (Å²) in [5.74, 6) is 1.91. The Bertz CT molecular complexity index is 847. The van der Waals surface area contributed by atoms with Crippen LogP contribution in [0.4, 0.5) is 0 Å². The minimum absolute atomic E-state index is 0.114. The van der Waals surface area contributed by atoms with Gasteiger partial charge in [-0.15, -0.1) is 0 Å². The van der Waals surface area contributed by atoms with E-state index in [-0.39, 0.29) is 11.9 Å². The summed E-state index contributed by atoms with van der Waals surface area (Å²) in [6, 6.07) is 13.1. The molecule has 6 nitrogen and oxygen atoms in total. The van der Waals surface area contributed by atoms with Gasteiger partial charge in [-0.25, -0.2) is 5.01 Å². The summed E-state index contributed by atoms with van der Waals surface area (Å²) in [7, 11) is 4.82. The SMILES string of the molecule is COc1ccc(C2=NN(C(C)=O)[C@H](c3ccccc3OC)C2)cc1OC. The highest BCUT2D eigenvalue weighted by molar-refractivity contribution is 6.03. The molecule has 1 aliphatic rings. The van der Waals surface area contributed by atoms with E-state index < -0.39 is 0 Å². The number of ether oxygens (including phenoxy) is 3. The van der Waals surface area contributed by atoms with Gasteiger partial charge >= 0.3 is 0 Å². The molecule has 0 saturated carbocycles. The summed E-state index contributed by atoms with van der Waals surface area (Å²) >= 11 is 0. The van der Waals surface area contributed by atoms with Crippen molar-refractivity contribution in [1.82, 2.24) is 5.01 Å². The molecular weight excluding hydrogens is 332 g/mol. The van der Waals surface area contributed by atoms with Gasteiger partial charge < -0.3 is 14.2 Å². The Morgan fingerprint density at radius 2 is 1.69 bits per heavy atom. The summed E-state index contributed by atoms with van der Waals surface area (Å²) in [6.45, 7) is 1.52. The van der Waals surface area contributed by atoms with Crippen LogP contribution in [0.1, 0.15) is 30.5 Å². The number of hydrazone groups is 1. The molecule has 0 aromatic heterocycles. The van der Waals surface area contributed by atoms with Crippen LogP contribution in [-0.2, 0) is 4.79 Å². The van der Waals surface area contributed by atoms with Gasteiger partial charge in [-0.05, 0) is 24.3 Å². The third kappa shape index (κ3) is 3.22. The van der Waals surface area contributed by atoms with Gasteiger partial charge in [0.2, 0.25) is 5.91 Å². The molecule has 0 fully saturated rings. The van der Waals surface area contributed by atoms with Crippen LogP contribution < -0.4 is 14.2 Å². The molecule has 0 bridgehead atoms. The molecular formula is C20H22N2O4. The van der Waals surface area contributed by atoms with Crippen molar-refractivity contribution in [3.63, 3.8) is 0 Å². The standard InChI is InChI=1S/C20H22N2O4/c1-13(23)22-17(15-7-5-6-8-18(15)24-2)12-16(21-22)14-9-10-19(25-3)20(11-14)26-4/h5-11,17H,12H2,1-4H3/t17-/m0/s1. The number of amides is 1. The molecule has 1 atom stereocenters. The van der Waals surface area contributed by atoms with Gasteiger partial charge in [-0.3, -0.25) is 4.79 Å². The van der Waals surface area contributed by atoms with Gasteiger partial charge in [-0.2, -0.15) is 5.10 Å². The van der Waals surface area contributed by atoms with Crippen molar-refractivity contribution in [2.75, 3.05) is 21.3 Å². The molecule has 26 heavy (non-hydrogen) atoms. The first kappa shape index (κ1) is 17.8. The zero-order valence-corrected chi connectivity index (χ0v) is 15.4. The van der Waals surface area contributed by atoms with Crippen LogP contribution in [0, 0.1) is 0 Å². The second-order valence-corrected chi connectivity index (χ2v) is 5.94. The summed E-state index contributed by atoms with van der Waals surface area (Å²) in [6.07, 6.45) is 0.593. The molecule has 1 heterocycles. The van der Waals surface area contributed by atoms with Gasteiger partial charge in [0.05, 0.1) is 33.1 Å². The number of nitrogens with zero attached hydrogens (tertiary/aromatic N) is 2. The van der Waals surface area contributed by atoms with E-state index in [1.807, 2.05) is 42.5 Å². The third-order valence-electron chi connectivity index (χ3n) is 4.45. The van der Waals surface area contributed by atoms with E-state index in [4.69, 9.17) is 14.2 Å². The van der Waals surface area contributed by atoms with Crippen molar-refractivity contribution >= 4 is 11.6 Å². The summed E-state index contributed by atoms with van der Waals surface area (Å²) in [4.78, 5) is 12.2. The zero-order valence-electron chi connectivity index (χ0n) is 15.4. The van der Waals surface area contributed by atoms with Gasteiger partial charge in [0.15, 0.2) is 11.5 Å². The van der Waals surface area contributed by atoms with Crippen molar-refractivity contribution in [3.05, 3.63) is 53.6 Å². The number of carbonyl (C=O) groups excluding carboxylic acids is 1. The number of rotatable bonds is 5. The predicted molar refractivity (Wildman–Crippen MR) is 99.0 cm³/mol. The quantitative estimate of drug-likeness (QED) is 0.826. The normalized spacial score (nSPS) is 16.2. The van der Waals surface area contributed by atoms with Crippen molar-refractivity contribution in [2.45, 2.75) is 19.4 Å². The Morgan fingerprint density at radius 1 is 1.00 bits per heavy atom. The molecule has 0 aliphatic carbocycles. The highest BCUT2D eigenvalue weighted by atomic mass is 16.5. The molecule has 6 heteroatoms. The Kier molecular flexibility index (Phi) is 5.11. The van der Waals surface area contributed by atoms with Crippen molar-refractivity contribution in [1.29, 1.82) is 0 Å². The van der Waals surface area contributed by atoms with Crippen LogP contribution in [0.25, 0.3) is 0 Å². The Labute approximate surface area is 153 Å². The molecule has 136 valence electrons. The molecule has 0 N–H and O–H groups in total. The number of benzene rings is 2. The molecule has 2 aromatic carbocycles. The lowest BCUT2D eigenvalue weighted by Crippen LogP contribution is -2.24. The van der Waals surface area contributed by atoms with Gasteiger partial charge in [0, 0.05) is 24.5 Å². The number of methoxy groups -OCH3 is 3. The predicted octanol–water partition coefficient (Wildman–Crippen LogP) is 3.41. The minimum atomic E-state index is -0.202. The minimum Gasteiger partial charge on any atom is -0.496 e. The monoisotopic (exact) mass is 354 g/mol. The largest absolute Gasteiger partial charge is 0.496 e. The van der Waals surface area contributed by atoms with Crippen LogP contribution in [0.15, 0.2) is 47.6 Å². The van der Waals surface area contributed by atoms with Crippen molar-refractivity contribution in [3.8, 4) is 17.2 Å². The van der Waals surface area contributed by atoms with E-state index in [2.05, 4.69) is 5.10 Å². The maximum absolute atomic E-state index is 12.2. The maximum Gasteiger partial charge on any atom is 0.240 e. The molecule has 0 spiro atoms. The summed E-state index contributed by atoms with van der Waals surface area (Å²) in [5, 5.41) is 6.09. The topological polar surface area (TPSA) is 60.4 Å². The lowest BCUT2D eigenvalue weighted by molar-refractivity contribution is -0.130. The van der Waals surface area contributed by atoms with E-state index >= 15 is 0 Å². The lowest BCUT2D eigenvalue weighted by Gasteiger charge is -2.22.